The molecule has 0 aliphatic rings. The average molecular weight is 234 g/mol. The van der Waals surface area contributed by atoms with Crippen LogP contribution in [0.4, 0.5) is 5.82 Å². The fourth-order valence-electron chi connectivity index (χ4n) is 0.929. The van der Waals surface area contributed by atoms with E-state index < -0.39 is 0 Å². The fraction of sp³-hybridized carbons (Fsp3) is 0.556. The number of hydrogen-bond acceptors (Lipinski definition) is 3. The van der Waals surface area contributed by atoms with E-state index in [-0.39, 0.29) is 5.54 Å². The van der Waals surface area contributed by atoms with Crippen LogP contribution in [-0.4, -0.2) is 28.4 Å². The number of rotatable bonds is 3. The fourth-order valence-corrected chi connectivity index (χ4v) is 1.34. The van der Waals surface area contributed by atoms with Crippen molar-refractivity contribution in [1.29, 1.82) is 0 Å². The van der Waals surface area contributed by atoms with Gasteiger partial charge in [-0.1, -0.05) is 11.6 Å². The minimum atomic E-state index is -0.181. The second kappa shape index (κ2) is 4.32. The third kappa shape index (κ3) is 2.28. The molecular weight excluding hydrogens is 221 g/mol. The van der Waals surface area contributed by atoms with Crippen LogP contribution in [0.15, 0.2) is 12.5 Å². The molecule has 0 spiro atoms. The molecule has 1 rings (SSSR count). The van der Waals surface area contributed by atoms with E-state index in [1.807, 2.05) is 25.8 Å². The van der Waals surface area contributed by atoms with Crippen LogP contribution < -0.4 is 4.90 Å². The van der Waals surface area contributed by atoms with E-state index in [0.29, 0.717) is 16.7 Å². The summed E-state index contributed by atoms with van der Waals surface area (Å²) in [7, 11) is 1.91. The zero-order chi connectivity index (χ0) is 10.8. The summed E-state index contributed by atoms with van der Waals surface area (Å²) >= 11 is 11.8. The maximum absolute atomic E-state index is 5.97. The molecule has 1 aromatic rings. The van der Waals surface area contributed by atoms with Gasteiger partial charge in [0.1, 0.15) is 11.3 Å². The third-order valence-corrected chi connectivity index (χ3v) is 3.12. The summed E-state index contributed by atoms with van der Waals surface area (Å²) in [6.07, 6.45) is 3.05. The number of halogens is 2. The molecule has 0 fully saturated rings. The predicted molar refractivity (Wildman–Crippen MR) is 60.2 cm³/mol. The Morgan fingerprint density at radius 3 is 2.64 bits per heavy atom. The van der Waals surface area contributed by atoms with E-state index in [2.05, 4.69) is 9.97 Å². The lowest BCUT2D eigenvalue weighted by atomic mass is 10.1. The first-order chi connectivity index (χ1) is 6.49. The molecule has 14 heavy (non-hydrogen) atoms. The van der Waals surface area contributed by atoms with Gasteiger partial charge in [-0.15, -0.1) is 11.6 Å². The van der Waals surface area contributed by atoms with E-state index >= 15 is 0 Å². The Morgan fingerprint density at radius 2 is 2.14 bits per heavy atom. The SMILES string of the molecule is CN(c1ncncc1Cl)C(C)(C)CCl. The second-order valence-electron chi connectivity index (χ2n) is 3.70. The lowest BCUT2D eigenvalue weighted by Crippen LogP contribution is -2.43. The minimum Gasteiger partial charge on any atom is -0.352 e. The minimum absolute atomic E-state index is 0.181. The number of aromatic nitrogens is 2. The zero-order valence-electron chi connectivity index (χ0n) is 8.46. The van der Waals surface area contributed by atoms with Crippen molar-refractivity contribution in [2.75, 3.05) is 17.8 Å². The highest BCUT2D eigenvalue weighted by atomic mass is 35.5. The largest absolute Gasteiger partial charge is 0.352 e. The summed E-state index contributed by atoms with van der Waals surface area (Å²) in [5.74, 6) is 1.21. The molecule has 0 aliphatic carbocycles. The smallest absolute Gasteiger partial charge is 0.151 e. The molecule has 0 unspecified atom stereocenters. The van der Waals surface area contributed by atoms with Crippen molar-refractivity contribution in [2.24, 2.45) is 0 Å². The van der Waals surface area contributed by atoms with E-state index in [1.165, 1.54) is 6.33 Å². The first kappa shape index (κ1) is 11.5. The average Bonchev–Trinajstić information content (AvgIpc) is 2.17. The van der Waals surface area contributed by atoms with Crippen LogP contribution in [0.1, 0.15) is 13.8 Å². The first-order valence-electron chi connectivity index (χ1n) is 4.24. The summed E-state index contributed by atoms with van der Waals surface area (Å²) in [4.78, 5) is 9.90. The van der Waals surface area contributed by atoms with Crippen LogP contribution in [0.2, 0.25) is 5.02 Å². The third-order valence-electron chi connectivity index (χ3n) is 2.20. The molecule has 0 atom stereocenters. The highest BCUT2D eigenvalue weighted by Crippen LogP contribution is 2.26. The van der Waals surface area contributed by atoms with Crippen LogP contribution >= 0.6 is 23.2 Å². The standard InChI is InChI=1S/C9H13Cl2N3/c1-9(2,5-10)14(3)8-7(11)4-12-6-13-8/h4,6H,5H2,1-3H3. The molecule has 5 heteroatoms. The Labute approximate surface area is 94.1 Å². The van der Waals surface area contributed by atoms with Crippen LogP contribution in [0.5, 0.6) is 0 Å². The Hall–Kier alpha value is -0.540. The summed E-state index contributed by atoms with van der Waals surface area (Å²) in [5, 5.41) is 0.535. The van der Waals surface area contributed by atoms with Gasteiger partial charge in [0, 0.05) is 18.5 Å². The predicted octanol–water partition coefficient (Wildman–Crippen LogP) is 2.58. The van der Waals surface area contributed by atoms with E-state index in [9.17, 15) is 0 Å². The molecule has 78 valence electrons. The first-order valence-corrected chi connectivity index (χ1v) is 5.15. The van der Waals surface area contributed by atoms with Crippen LogP contribution in [0.25, 0.3) is 0 Å². The van der Waals surface area contributed by atoms with Gasteiger partial charge in [-0.25, -0.2) is 9.97 Å². The van der Waals surface area contributed by atoms with E-state index in [0.717, 1.165) is 0 Å². The van der Waals surface area contributed by atoms with Crippen molar-refractivity contribution in [3.8, 4) is 0 Å². The van der Waals surface area contributed by atoms with E-state index in [4.69, 9.17) is 23.2 Å². The van der Waals surface area contributed by atoms with Crippen molar-refractivity contribution < 1.29 is 0 Å². The summed E-state index contributed by atoms with van der Waals surface area (Å²) < 4.78 is 0. The van der Waals surface area contributed by atoms with Gasteiger partial charge in [-0.2, -0.15) is 0 Å². The van der Waals surface area contributed by atoms with Crippen LogP contribution in [0.3, 0.4) is 0 Å². The highest BCUT2D eigenvalue weighted by molar-refractivity contribution is 6.32. The molecule has 0 saturated carbocycles. The van der Waals surface area contributed by atoms with Gasteiger partial charge in [0.25, 0.3) is 0 Å². The van der Waals surface area contributed by atoms with Crippen molar-refractivity contribution in [3.63, 3.8) is 0 Å². The number of nitrogens with zero attached hydrogens (tertiary/aromatic N) is 3. The summed E-state index contributed by atoms with van der Waals surface area (Å²) in [5.41, 5.74) is -0.181. The molecule has 0 radical (unpaired) electrons. The Kier molecular flexibility index (Phi) is 3.56. The molecule has 0 aromatic carbocycles. The maximum atomic E-state index is 5.97. The molecular formula is C9H13Cl2N3. The van der Waals surface area contributed by atoms with Gasteiger partial charge in [0.15, 0.2) is 5.82 Å². The molecule has 0 saturated heterocycles. The quantitative estimate of drug-likeness (QED) is 0.752. The van der Waals surface area contributed by atoms with Gasteiger partial charge in [0.05, 0.1) is 6.20 Å². The van der Waals surface area contributed by atoms with Gasteiger partial charge >= 0.3 is 0 Å². The monoisotopic (exact) mass is 233 g/mol. The van der Waals surface area contributed by atoms with Crippen molar-refractivity contribution in [3.05, 3.63) is 17.5 Å². The number of hydrogen-bond donors (Lipinski definition) is 0. The zero-order valence-corrected chi connectivity index (χ0v) is 9.97. The summed E-state index contributed by atoms with van der Waals surface area (Å²) in [6, 6.07) is 0. The molecule has 0 bridgehead atoms. The molecule has 0 aliphatic heterocycles. The summed E-state index contributed by atoms with van der Waals surface area (Å²) in [6.45, 7) is 4.05. The second-order valence-corrected chi connectivity index (χ2v) is 4.37. The van der Waals surface area contributed by atoms with Gasteiger partial charge < -0.3 is 4.90 Å². The molecule has 0 amide bonds. The van der Waals surface area contributed by atoms with Gasteiger partial charge in [-0.05, 0) is 13.8 Å². The van der Waals surface area contributed by atoms with Crippen molar-refractivity contribution in [1.82, 2.24) is 9.97 Å². The molecule has 1 aromatic heterocycles. The molecule has 1 heterocycles. The normalized spacial score (nSPS) is 11.5. The van der Waals surface area contributed by atoms with Crippen molar-refractivity contribution in [2.45, 2.75) is 19.4 Å². The maximum Gasteiger partial charge on any atom is 0.151 e. The Bertz CT molecular complexity index is 315. The molecule has 3 nitrogen and oxygen atoms in total. The van der Waals surface area contributed by atoms with Crippen LogP contribution in [-0.2, 0) is 0 Å². The van der Waals surface area contributed by atoms with Crippen molar-refractivity contribution >= 4 is 29.0 Å². The van der Waals surface area contributed by atoms with Gasteiger partial charge in [-0.3, -0.25) is 0 Å². The lowest BCUT2D eigenvalue weighted by molar-refractivity contribution is 0.540. The highest BCUT2D eigenvalue weighted by Gasteiger charge is 2.24. The van der Waals surface area contributed by atoms with Gasteiger partial charge in [0.2, 0.25) is 0 Å². The molecule has 0 N–H and O–H groups in total. The number of alkyl halides is 1. The van der Waals surface area contributed by atoms with E-state index in [1.54, 1.807) is 6.20 Å². The topological polar surface area (TPSA) is 29.0 Å². The lowest BCUT2D eigenvalue weighted by Gasteiger charge is -2.35. The Morgan fingerprint density at radius 1 is 1.50 bits per heavy atom. The Balaban J connectivity index is 3.00. The number of anilines is 1. The van der Waals surface area contributed by atoms with Crippen LogP contribution in [0, 0.1) is 0 Å².